The van der Waals surface area contributed by atoms with E-state index in [1.807, 2.05) is 30.3 Å². The predicted molar refractivity (Wildman–Crippen MR) is 87.7 cm³/mol. The van der Waals surface area contributed by atoms with Crippen LogP contribution >= 0.6 is 0 Å². The summed E-state index contributed by atoms with van der Waals surface area (Å²) in [6.45, 7) is 5.17. The highest BCUT2D eigenvalue weighted by atomic mass is 16.5. The molecule has 2 atom stereocenters. The molecular formula is C19H23NO2. The largest absolute Gasteiger partial charge is 0.387 e. The number of ether oxygens (including phenoxy) is 1. The van der Waals surface area contributed by atoms with Crippen molar-refractivity contribution in [1.82, 2.24) is 4.90 Å². The van der Waals surface area contributed by atoms with Gasteiger partial charge in [-0.05, 0) is 23.6 Å². The number of aliphatic hydroxyl groups is 1. The van der Waals surface area contributed by atoms with E-state index in [9.17, 15) is 5.11 Å². The second-order valence-electron chi connectivity index (χ2n) is 5.90. The number of aryl methyl sites for hydroxylation is 1. The number of β-amino-alcohol motifs (C(OH)–C–C–N with tert-alkyl or cyclic N) is 1. The van der Waals surface area contributed by atoms with Crippen LogP contribution in [0.1, 0.15) is 28.9 Å². The Morgan fingerprint density at radius 2 is 1.86 bits per heavy atom. The zero-order valence-electron chi connectivity index (χ0n) is 13.0. The summed E-state index contributed by atoms with van der Waals surface area (Å²) in [6, 6.07) is 18.2. The van der Waals surface area contributed by atoms with Crippen molar-refractivity contribution in [2.24, 2.45) is 0 Å². The Balaban J connectivity index is 1.65. The monoisotopic (exact) mass is 297 g/mol. The molecule has 3 rings (SSSR count). The maximum atomic E-state index is 10.4. The average molecular weight is 297 g/mol. The second kappa shape index (κ2) is 7.05. The minimum atomic E-state index is -0.447. The molecule has 1 aliphatic heterocycles. The van der Waals surface area contributed by atoms with Gasteiger partial charge < -0.3 is 9.84 Å². The van der Waals surface area contributed by atoms with E-state index in [4.69, 9.17) is 4.74 Å². The maximum Gasteiger partial charge on any atom is 0.0954 e. The summed E-state index contributed by atoms with van der Waals surface area (Å²) >= 11 is 0. The van der Waals surface area contributed by atoms with Gasteiger partial charge in [-0.2, -0.15) is 0 Å². The lowest BCUT2D eigenvalue weighted by molar-refractivity contribution is -0.0426. The molecule has 0 aromatic heterocycles. The summed E-state index contributed by atoms with van der Waals surface area (Å²) in [6.07, 6.45) is -0.352. The zero-order chi connectivity index (χ0) is 15.4. The lowest BCUT2D eigenvalue weighted by Gasteiger charge is -2.34. The van der Waals surface area contributed by atoms with E-state index >= 15 is 0 Å². The Hall–Kier alpha value is -1.68. The molecule has 1 fully saturated rings. The maximum absolute atomic E-state index is 10.4. The van der Waals surface area contributed by atoms with Crippen molar-refractivity contribution in [1.29, 1.82) is 0 Å². The van der Waals surface area contributed by atoms with E-state index in [-0.39, 0.29) is 6.10 Å². The van der Waals surface area contributed by atoms with Crippen LogP contribution in [0, 0.1) is 6.92 Å². The molecule has 2 aromatic carbocycles. The van der Waals surface area contributed by atoms with Crippen LogP contribution in [0.5, 0.6) is 0 Å². The molecule has 2 unspecified atom stereocenters. The summed E-state index contributed by atoms with van der Waals surface area (Å²) in [5.41, 5.74) is 3.49. The van der Waals surface area contributed by atoms with Crippen LogP contribution in [-0.2, 0) is 4.74 Å². The lowest BCUT2D eigenvalue weighted by atomic mass is 10.0. The van der Waals surface area contributed by atoms with Crippen LogP contribution in [-0.4, -0.2) is 36.2 Å². The number of rotatable bonds is 4. The standard InChI is InChI=1S/C19H23NO2/c1-15-7-5-6-10-17(15)19-14-20(11-12-22-19)13-18(21)16-8-3-2-4-9-16/h2-10,18-19,21H,11-14H2,1H3. The van der Waals surface area contributed by atoms with Gasteiger partial charge in [-0.3, -0.25) is 4.90 Å². The quantitative estimate of drug-likeness (QED) is 0.941. The van der Waals surface area contributed by atoms with Crippen molar-refractivity contribution in [2.75, 3.05) is 26.2 Å². The van der Waals surface area contributed by atoms with Gasteiger partial charge in [0.15, 0.2) is 0 Å². The van der Waals surface area contributed by atoms with Gasteiger partial charge in [-0.1, -0.05) is 54.6 Å². The van der Waals surface area contributed by atoms with Gasteiger partial charge in [0.05, 0.1) is 18.8 Å². The fraction of sp³-hybridized carbons (Fsp3) is 0.368. The van der Waals surface area contributed by atoms with Crippen LogP contribution in [0.4, 0.5) is 0 Å². The van der Waals surface area contributed by atoms with Crippen LogP contribution in [0.25, 0.3) is 0 Å². The third kappa shape index (κ3) is 3.55. The van der Waals surface area contributed by atoms with E-state index in [0.717, 1.165) is 18.7 Å². The molecule has 3 heteroatoms. The smallest absolute Gasteiger partial charge is 0.0954 e. The van der Waals surface area contributed by atoms with E-state index in [1.165, 1.54) is 11.1 Å². The SMILES string of the molecule is Cc1ccccc1C1CN(CC(O)c2ccccc2)CCO1. The van der Waals surface area contributed by atoms with E-state index < -0.39 is 6.10 Å². The van der Waals surface area contributed by atoms with Crippen molar-refractivity contribution in [3.8, 4) is 0 Å². The molecule has 1 aliphatic rings. The van der Waals surface area contributed by atoms with E-state index in [1.54, 1.807) is 0 Å². The molecular weight excluding hydrogens is 274 g/mol. The minimum Gasteiger partial charge on any atom is -0.387 e. The molecule has 0 radical (unpaired) electrons. The Morgan fingerprint density at radius 3 is 2.64 bits per heavy atom. The topological polar surface area (TPSA) is 32.7 Å². The van der Waals surface area contributed by atoms with E-state index in [0.29, 0.717) is 13.2 Å². The van der Waals surface area contributed by atoms with Gasteiger partial charge in [-0.15, -0.1) is 0 Å². The summed E-state index contributed by atoms with van der Waals surface area (Å²) in [7, 11) is 0. The third-order valence-corrected chi connectivity index (χ3v) is 4.30. The molecule has 0 amide bonds. The molecule has 1 saturated heterocycles. The van der Waals surface area contributed by atoms with Gasteiger partial charge in [0.2, 0.25) is 0 Å². The Morgan fingerprint density at radius 1 is 1.14 bits per heavy atom. The van der Waals surface area contributed by atoms with Gasteiger partial charge in [0, 0.05) is 19.6 Å². The molecule has 1 heterocycles. The van der Waals surface area contributed by atoms with Gasteiger partial charge in [-0.25, -0.2) is 0 Å². The van der Waals surface area contributed by atoms with Crippen molar-refractivity contribution < 1.29 is 9.84 Å². The Labute approximate surface area is 132 Å². The van der Waals surface area contributed by atoms with Gasteiger partial charge in [0.1, 0.15) is 0 Å². The highest BCUT2D eigenvalue weighted by molar-refractivity contribution is 5.28. The molecule has 3 nitrogen and oxygen atoms in total. The fourth-order valence-electron chi connectivity index (χ4n) is 3.03. The molecule has 1 N–H and O–H groups in total. The third-order valence-electron chi connectivity index (χ3n) is 4.30. The predicted octanol–water partition coefficient (Wildman–Crippen LogP) is 3.10. The number of hydrogen-bond donors (Lipinski definition) is 1. The second-order valence-corrected chi connectivity index (χ2v) is 5.90. The molecule has 2 aromatic rings. The summed E-state index contributed by atoms with van der Waals surface area (Å²) in [5.74, 6) is 0. The van der Waals surface area contributed by atoms with Crippen molar-refractivity contribution >= 4 is 0 Å². The molecule has 116 valence electrons. The van der Waals surface area contributed by atoms with Crippen molar-refractivity contribution in [3.63, 3.8) is 0 Å². The first-order chi connectivity index (χ1) is 10.7. The molecule has 0 aliphatic carbocycles. The number of nitrogens with zero attached hydrogens (tertiary/aromatic N) is 1. The highest BCUT2D eigenvalue weighted by Crippen LogP contribution is 2.26. The van der Waals surface area contributed by atoms with Crippen LogP contribution < -0.4 is 0 Å². The van der Waals surface area contributed by atoms with Crippen LogP contribution in [0.3, 0.4) is 0 Å². The van der Waals surface area contributed by atoms with Crippen LogP contribution in [0.2, 0.25) is 0 Å². The van der Waals surface area contributed by atoms with Crippen LogP contribution in [0.15, 0.2) is 54.6 Å². The van der Waals surface area contributed by atoms with Gasteiger partial charge >= 0.3 is 0 Å². The molecule has 0 spiro atoms. The van der Waals surface area contributed by atoms with E-state index in [2.05, 4.69) is 36.1 Å². The summed E-state index contributed by atoms with van der Waals surface area (Å²) in [5, 5.41) is 10.4. The average Bonchev–Trinajstić information content (AvgIpc) is 2.56. The normalized spacial score (nSPS) is 20.7. The first-order valence-corrected chi connectivity index (χ1v) is 7.86. The molecule has 0 saturated carbocycles. The number of morpholine rings is 1. The van der Waals surface area contributed by atoms with Crippen molar-refractivity contribution in [3.05, 3.63) is 71.3 Å². The summed E-state index contributed by atoms with van der Waals surface area (Å²) < 4.78 is 5.94. The first kappa shape index (κ1) is 15.2. The Bertz CT molecular complexity index is 599. The summed E-state index contributed by atoms with van der Waals surface area (Å²) in [4.78, 5) is 2.29. The Kier molecular flexibility index (Phi) is 4.88. The molecule has 0 bridgehead atoms. The number of hydrogen-bond acceptors (Lipinski definition) is 3. The fourth-order valence-corrected chi connectivity index (χ4v) is 3.03. The minimum absolute atomic E-state index is 0.0953. The van der Waals surface area contributed by atoms with Crippen molar-refractivity contribution in [2.45, 2.75) is 19.1 Å². The number of aliphatic hydroxyl groups excluding tert-OH is 1. The highest BCUT2D eigenvalue weighted by Gasteiger charge is 2.24. The lowest BCUT2D eigenvalue weighted by Crippen LogP contribution is -2.40. The van der Waals surface area contributed by atoms with Gasteiger partial charge in [0.25, 0.3) is 0 Å². The first-order valence-electron chi connectivity index (χ1n) is 7.86. The number of benzene rings is 2. The molecule has 22 heavy (non-hydrogen) atoms. The zero-order valence-corrected chi connectivity index (χ0v) is 13.0.